The Morgan fingerprint density at radius 1 is 1.08 bits per heavy atom. The summed E-state index contributed by atoms with van der Waals surface area (Å²) in [7, 11) is -0.517. The molecule has 1 aromatic heterocycles. The van der Waals surface area contributed by atoms with Gasteiger partial charge in [0.2, 0.25) is 0 Å². The van der Waals surface area contributed by atoms with Gasteiger partial charge in [0.05, 0.1) is 11.2 Å². The van der Waals surface area contributed by atoms with Crippen molar-refractivity contribution in [1.29, 1.82) is 0 Å². The molecule has 3 rings (SSSR count). The molecule has 1 fully saturated rings. The first-order valence-electron chi connectivity index (χ1n) is 8.36. The summed E-state index contributed by atoms with van der Waals surface area (Å²) in [4.78, 5) is 8.69. The summed E-state index contributed by atoms with van der Waals surface area (Å²) in [5.41, 5.74) is 0.664. The third-order valence-corrected chi connectivity index (χ3v) is 4.74. The molecule has 8 heteroatoms. The summed E-state index contributed by atoms with van der Waals surface area (Å²) in [6.45, 7) is 5.08. The molecule has 1 saturated heterocycles. The molecule has 0 N–H and O–H groups in total. The molecule has 1 aliphatic rings. The van der Waals surface area contributed by atoms with E-state index >= 15 is 0 Å². The van der Waals surface area contributed by atoms with Gasteiger partial charge in [-0.2, -0.15) is 8.78 Å². The molecule has 0 atom stereocenters. The molecule has 0 radical (unpaired) electrons. The highest BCUT2D eigenvalue weighted by Crippen LogP contribution is 2.36. The second-order valence-corrected chi connectivity index (χ2v) is 7.22. The Morgan fingerprint density at radius 2 is 1.69 bits per heavy atom. The van der Waals surface area contributed by atoms with Crippen molar-refractivity contribution in [2.45, 2.75) is 51.9 Å². The average molecular weight is 362 g/mol. The van der Waals surface area contributed by atoms with Crippen molar-refractivity contribution in [3.05, 3.63) is 48.0 Å². The third-order valence-electron chi connectivity index (χ3n) is 4.74. The van der Waals surface area contributed by atoms with Crippen molar-refractivity contribution in [1.82, 2.24) is 9.97 Å². The van der Waals surface area contributed by atoms with Crippen LogP contribution in [0.5, 0.6) is 5.75 Å². The maximum Gasteiger partial charge on any atom is 0.498 e. The van der Waals surface area contributed by atoms with Crippen LogP contribution < -0.4 is 10.2 Å². The number of aromatic nitrogens is 2. The predicted octanol–water partition coefficient (Wildman–Crippen LogP) is 2.97. The van der Waals surface area contributed by atoms with Crippen LogP contribution in [-0.2, 0) is 15.7 Å². The van der Waals surface area contributed by atoms with E-state index in [0.717, 1.165) is 11.0 Å². The van der Waals surface area contributed by atoms with Crippen molar-refractivity contribution < 1.29 is 22.8 Å². The Morgan fingerprint density at radius 3 is 2.27 bits per heavy atom. The highest BCUT2D eigenvalue weighted by molar-refractivity contribution is 6.61. The van der Waals surface area contributed by atoms with Gasteiger partial charge in [-0.05, 0) is 45.4 Å². The van der Waals surface area contributed by atoms with Gasteiger partial charge in [-0.15, -0.1) is 0 Å². The van der Waals surface area contributed by atoms with Crippen molar-refractivity contribution >= 4 is 12.6 Å². The first-order chi connectivity index (χ1) is 12.2. The molecule has 0 unspecified atom stereocenters. The molecule has 138 valence electrons. The Labute approximate surface area is 151 Å². The minimum atomic E-state index is -2.85. The van der Waals surface area contributed by atoms with Crippen molar-refractivity contribution in [2.75, 3.05) is 0 Å². The summed E-state index contributed by atoms with van der Waals surface area (Å²) < 4.78 is 41.0. The monoisotopic (exact) mass is 362 g/mol. The second-order valence-electron chi connectivity index (χ2n) is 7.22. The van der Waals surface area contributed by atoms with Gasteiger partial charge in [-0.1, -0.05) is 12.1 Å². The van der Waals surface area contributed by atoms with Gasteiger partial charge in [0.1, 0.15) is 11.6 Å². The maximum atomic E-state index is 12.3. The van der Waals surface area contributed by atoms with Gasteiger partial charge in [0, 0.05) is 24.3 Å². The van der Waals surface area contributed by atoms with E-state index in [1.807, 2.05) is 33.8 Å². The van der Waals surface area contributed by atoms with Crippen LogP contribution in [0.1, 0.15) is 39.1 Å². The van der Waals surface area contributed by atoms with E-state index in [4.69, 9.17) is 9.31 Å². The van der Waals surface area contributed by atoms with Crippen LogP contribution >= 0.6 is 0 Å². The summed E-state index contributed by atoms with van der Waals surface area (Å²) in [5, 5.41) is 0. The smallest absolute Gasteiger partial charge is 0.435 e. The summed E-state index contributed by atoms with van der Waals surface area (Å²) in [5.74, 6) is 0.686. The van der Waals surface area contributed by atoms with Crippen LogP contribution in [0.4, 0.5) is 8.78 Å². The minimum absolute atomic E-state index is 0.117. The lowest BCUT2D eigenvalue weighted by molar-refractivity contribution is -0.0498. The molecule has 1 aromatic carbocycles. The molecule has 0 saturated carbocycles. The number of ether oxygens (including phenoxy) is 1. The molecule has 5 nitrogen and oxygen atoms in total. The zero-order valence-corrected chi connectivity index (χ0v) is 15.2. The normalized spacial score (nSPS) is 18.3. The fraction of sp³-hybridized carbons (Fsp3) is 0.444. The molecule has 2 heterocycles. The van der Waals surface area contributed by atoms with Gasteiger partial charge >= 0.3 is 13.7 Å². The van der Waals surface area contributed by atoms with E-state index < -0.39 is 24.9 Å². The molecular formula is C18H21BF2N2O3. The molecule has 0 amide bonds. The number of hydrogen-bond acceptors (Lipinski definition) is 5. The van der Waals surface area contributed by atoms with E-state index in [0.29, 0.717) is 12.2 Å². The van der Waals surface area contributed by atoms with Crippen molar-refractivity contribution in [2.24, 2.45) is 0 Å². The second kappa shape index (κ2) is 6.93. The number of hydrogen-bond donors (Lipinski definition) is 0. The highest BCUT2D eigenvalue weighted by atomic mass is 19.3. The molecule has 1 aliphatic heterocycles. The minimum Gasteiger partial charge on any atom is -0.435 e. The van der Waals surface area contributed by atoms with Gasteiger partial charge in [0.15, 0.2) is 0 Å². The van der Waals surface area contributed by atoms with Crippen LogP contribution in [0.25, 0.3) is 0 Å². The Kier molecular flexibility index (Phi) is 4.99. The van der Waals surface area contributed by atoms with E-state index in [9.17, 15) is 8.78 Å². The van der Waals surface area contributed by atoms with Gasteiger partial charge in [-0.3, -0.25) is 0 Å². The van der Waals surface area contributed by atoms with Crippen LogP contribution in [0, 0.1) is 0 Å². The number of halogens is 2. The molecule has 0 bridgehead atoms. The van der Waals surface area contributed by atoms with Crippen molar-refractivity contribution in [3.63, 3.8) is 0 Å². The maximum absolute atomic E-state index is 12.3. The number of alkyl halides is 2. The van der Waals surface area contributed by atoms with Crippen LogP contribution in [0.15, 0.2) is 36.7 Å². The van der Waals surface area contributed by atoms with Gasteiger partial charge in [0.25, 0.3) is 0 Å². The van der Waals surface area contributed by atoms with Crippen LogP contribution in [-0.4, -0.2) is 34.9 Å². The Bertz CT molecular complexity index is 753. The van der Waals surface area contributed by atoms with Gasteiger partial charge in [-0.25, -0.2) is 9.97 Å². The molecule has 0 spiro atoms. The lowest BCUT2D eigenvalue weighted by Crippen LogP contribution is -2.41. The standard InChI is InChI=1S/C18H21BF2N2O3/c1-17(2)18(3,4)26-19(25-17)13-10-22-15(23-11-13)9-12-6-5-7-14(8-12)24-16(20)21/h5-8,10-11,16H,9H2,1-4H3. The quantitative estimate of drug-likeness (QED) is 0.766. The van der Waals surface area contributed by atoms with E-state index in [1.54, 1.807) is 24.5 Å². The number of nitrogens with zero attached hydrogens (tertiary/aromatic N) is 2. The lowest BCUT2D eigenvalue weighted by atomic mass is 9.81. The zero-order valence-electron chi connectivity index (χ0n) is 15.2. The van der Waals surface area contributed by atoms with E-state index in [2.05, 4.69) is 14.7 Å². The topological polar surface area (TPSA) is 53.5 Å². The summed E-state index contributed by atoms with van der Waals surface area (Å²) in [6.07, 6.45) is 3.75. The molecule has 2 aromatic rings. The van der Waals surface area contributed by atoms with E-state index in [-0.39, 0.29) is 5.75 Å². The molecule has 0 aliphatic carbocycles. The fourth-order valence-corrected chi connectivity index (χ4v) is 2.57. The largest absolute Gasteiger partial charge is 0.498 e. The Balaban J connectivity index is 1.69. The summed E-state index contributed by atoms with van der Waals surface area (Å²) >= 11 is 0. The average Bonchev–Trinajstić information content (AvgIpc) is 2.76. The highest BCUT2D eigenvalue weighted by Gasteiger charge is 2.51. The van der Waals surface area contributed by atoms with Crippen LogP contribution in [0.3, 0.4) is 0 Å². The predicted molar refractivity (Wildman–Crippen MR) is 93.6 cm³/mol. The molecule has 26 heavy (non-hydrogen) atoms. The lowest BCUT2D eigenvalue weighted by Gasteiger charge is -2.32. The summed E-state index contributed by atoms with van der Waals surface area (Å²) in [6, 6.07) is 6.51. The van der Waals surface area contributed by atoms with Crippen molar-refractivity contribution in [3.8, 4) is 5.75 Å². The first-order valence-corrected chi connectivity index (χ1v) is 8.36. The zero-order chi connectivity index (χ0) is 18.9. The third kappa shape index (κ3) is 4.02. The molecular weight excluding hydrogens is 341 g/mol. The first kappa shape index (κ1) is 18.7. The number of benzene rings is 1. The van der Waals surface area contributed by atoms with E-state index in [1.165, 1.54) is 6.07 Å². The van der Waals surface area contributed by atoms with Gasteiger partial charge < -0.3 is 14.0 Å². The van der Waals surface area contributed by atoms with Crippen LogP contribution in [0.2, 0.25) is 0 Å². The fourth-order valence-electron chi connectivity index (χ4n) is 2.57. The number of rotatable bonds is 5. The SMILES string of the molecule is CC1(C)OB(c2cnc(Cc3cccc(OC(F)F)c3)nc2)OC1(C)C. The Hall–Kier alpha value is -2.06.